The average Bonchev–Trinajstić information content (AvgIpc) is 2.96. The maximum atomic E-state index is 13.1. The number of nitrogen functional groups attached to an aromatic ring is 1. The highest BCUT2D eigenvalue weighted by Crippen LogP contribution is 2.40. The summed E-state index contributed by atoms with van der Waals surface area (Å²) in [5, 5.41) is 3.96. The van der Waals surface area contributed by atoms with E-state index < -0.39 is 5.82 Å². The third-order valence-corrected chi connectivity index (χ3v) is 3.20. The third-order valence-electron chi connectivity index (χ3n) is 2.88. The van der Waals surface area contributed by atoms with Crippen LogP contribution in [-0.2, 0) is 0 Å². The number of nitrogens with two attached hydrogens (primary N) is 1. The molecule has 0 aliphatic heterocycles. The van der Waals surface area contributed by atoms with Gasteiger partial charge in [-0.3, -0.25) is 0 Å². The van der Waals surface area contributed by atoms with Crippen molar-refractivity contribution < 1.29 is 13.3 Å². The van der Waals surface area contributed by atoms with E-state index in [-0.39, 0.29) is 10.8 Å². The van der Waals surface area contributed by atoms with E-state index in [1.807, 2.05) is 6.92 Å². The van der Waals surface area contributed by atoms with Crippen LogP contribution in [-0.4, -0.2) is 5.16 Å². The molecule has 0 aliphatic rings. The van der Waals surface area contributed by atoms with Gasteiger partial charge in [0.25, 0.3) is 0 Å². The summed E-state index contributed by atoms with van der Waals surface area (Å²) in [5.74, 6) is 1.32. The van der Waals surface area contributed by atoms with Crippen molar-refractivity contribution in [1.29, 1.82) is 0 Å². The standard InChI is InChI=1S/C14H10ClFN2O2/c1-7-2-5-11(19-7)13-12(14(17)18-20-13)9-4-3-8(16)6-10(9)15/h2-6H,1H3,(H2,17,18). The van der Waals surface area contributed by atoms with E-state index in [0.717, 1.165) is 5.76 Å². The van der Waals surface area contributed by atoms with Gasteiger partial charge in [-0.25, -0.2) is 4.39 Å². The largest absolute Gasteiger partial charge is 0.458 e. The molecule has 0 bridgehead atoms. The van der Waals surface area contributed by atoms with Gasteiger partial charge >= 0.3 is 0 Å². The molecule has 2 N–H and O–H groups in total. The molecule has 3 aromatic rings. The van der Waals surface area contributed by atoms with E-state index in [4.69, 9.17) is 26.3 Å². The molecule has 0 atom stereocenters. The van der Waals surface area contributed by atoms with Gasteiger partial charge in [0.05, 0.1) is 10.6 Å². The van der Waals surface area contributed by atoms with Crippen LogP contribution in [0.25, 0.3) is 22.6 Å². The summed E-state index contributed by atoms with van der Waals surface area (Å²) in [4.78, 5) is 0. The maximum absolute atomic E-state index is 13.1. The lowest BCUT2D eigenvalue weighted by Crippen LogP contribution is -1.90. The monoisotopic (exact) mass is 292 g/mol. The SMILES string of the molecule is Cc1ccc(-c2onc(N)c2-c2ccc(F)cc2Cl)o1. The summed E-state index contributed by atoms with van der Waals surface area (Å²) in [5.41, 5.74) is 6.85. The quantitative estimate of drug-likeness (QED) is 0.765. The second-order valence-corrected chi connectivity index (χ2v) is 4.71. The molecular formula is C14H10ClFN2O2. The predicted molar refractivity (Wildman–Crippen MR) is 73.8 cm³/mol. The fourth-order valence-electron chi connectivity index (χ4n) is 1.98. The van der Waals surface area contributed by atoms with Crippen molar-refractivity contribution in [2.75, 3.05) is 5.73 Å². The minimum absolute atomic E-state index is 0.169. The molecule has 0 spiro atoms. The topological polar surface area (TPSA) is 65.2 Å². The first-order chi connectivity index (χ1) is 9.56. The van der Waals surface area contributed by atoms with Crippen molar-refractivity contribution in [3.05, 3.63) is 46.9 Å². The Labute approximate surface area is 118 Å². The number of furan rings is 1. The molecule has 0 unspecified atom stereocenters. The molecule has 0 saturated carbocycles. The van der Waals surface area contributed by atoms with Gasteiger partial charge < -0.3 is 14.7 Å². The van der Waals surface area contributed by atoms with Gasteiger partial charge in [0.2, 0.25) is 5.76 Å². The molecule has 3 rings (SSSR count). The fourth-order valence-corrected chi connectivity index (χ4v) is 2.24. The van der Waals surface area contributed by atoms with Crippen LogP contribution in [0.5, 0.6) is 0 Å². The van der Waals surface area contributed by atoms with E-state index in [1.165, 1.54) is 18.2 Å². The van der Waals surface area contributed by atoms with Gasteiger partial charge in [-0.05, 0) is 37.3 Å². The third kappa shape index (κ3) is 2.06. The number of anilines is 1. The van der Waals surface area contributed by atoms with Crippen LogP contribution in [0.4, 0.5) is 10.2 Å². The van der Waals surface area contributed by atoms with Crippen LogP contribution in [0.3, 0.4) is 0 Å². The number of hydrogen-bond donors (Lipinski definition) is 1. The molecule has 4 nitrogen and oxygen atoms in total. The Morgan fingerprint density at radius 3 is 2.70 bits per heavy atom. The molecule has 0 fully saturated rings. The number of aryl methyl sites for hydroxylation is 1. The highest BCUT2D eigenvalue weighted by atomic mass is 35.5. The van der Waals surface area contributed by atoms with Gasteiger partial charge in [0, 0.05) is 5.56 Å². The highest BCUT2D eigenvalue weighted by Gasteiger charge is 2.22. The second kappa shape index (κ2) is 4.68. The minimum Gasteiger partial charge on any atom is -0.458 e. The van der Waals surface area contributed by atoms with Crippen molar-refractivity contribution in [2.45, 2.75) is 6.92 Å². The molecule has 0 amide bonds. The van der Waals surface area contributed by atoms with Gasteiger partial charge in [-0.2, -0.15) is 0 Å². The molecule has 2 heterocycles. The first kappa shape index (κ1) is 12.7. The maximum Gasteiger partial charge on any atom is 0.212 e. The Kier molecular flexibility index (Phi) is 2.99. The molecule has 0 radical (unpaired) electrons. The summed E-state index contributed by atoms with van der Waals surface area (Å²) in [6.45, 7) is 1.81. The predicted octanol–water partition coefficient (Wildman–Crippen LogP) is 4.28. The Balaban J connectivity index is 2.21. The highest BCUT2D eigenvalue weighted by molar-refractivity contribution is 6.33. The average molecular weight is 293 g/mol. The van der Waals surface area contributed by atoms with E-state index in [2.05, 4.69) is 5.16 Å². The van der Waals surface area contributed by atoms with Crippen LogP contribution < -0.4 is 5.73 Å². The van der Waals surface area contributed by atoms with Gasteiger partial charge in [0.15, 0.2) is 11.6 Å². The van der Waals surface area contributed by atoms with Crippen LogP contribution in [0.2, 0.25) is 5.02 Å². The number of rotatable bonds is 2. The molecule has 20 heavy (non-hydrogen) atoms. The van der Waals surface area contributed by atoms with Crippen LogP contribution in [0.15, 0.2) is 39.3 Å². The normalized spacial score (nSPS) is 10.9. The van der Waals surface area contributed by atoms with Crippen molar-refractivity contribution in [1.82, 2.24) is 5.16 Å². The lowest BCUT2D eigenvalue weighted by molar-refractivity contribution is 0.418. The molecule has 0 aliphatic carbocycles. The molecular weight excluding hydrogens is 283 g/mol. The molecule has 0 saturated heterocycles. The van der Waals surface area contributed by atoms with Gasteiger partial charge in [-0.15, -0.1) is 0 Å². The number of halogens is 2. The van der Waals surface area contributed by atoms with Crippen molar-refractivity contribution in [3.63, 3.8) is 0 Å². The minimum atomic E-state index is -0.427. The van der Waals surface area contributed by atoms with E-state index >= 15 is 0 Å². The summed E-state index contributed by atoms with van der Waals surface area (Å²) in [6, 6.07) is 7.57. The summed E-state index contributed by atoms with van der Waals surface area (Å²) in [6.07, 6.45) is 0. The fraction of sp³-hybridized carbons (Fsp3) is 0.0714. The van der Waals surface area contributed by atoms with Gasteiger partial charge in [0.1, 0.15) is 11.6 Å². The molecule has 6 heteroatoms. The lowest BCUT2D eigenvalue weighted by atomic mass is 10.0. The van der Waals surface area contributed by atoms with Crippen LogP contribution in [0, 0.1) is 12.7 Å². The Bertz CT molecular complexity index is 779. The summed E-state index contributed by atoms with van der Waals surface area (Å²) < 4.78 is 23.9. The summed E-state index contributed by atoms with van der Waals surface area (Å²) >= 11 is 6.06. The van der Waals surface area contributed by atoms with Crippen LogP contribution >= 0.6 is 11.6 Å². The molecule has 1 aromatic carbocycles. The van der Waals surface area contributed by atoms with E-state index in [9.17, 15) is 4.39 Å². The smallest absolute Gasteiger partial charge is 0.212 e. The van der Waals surface area contributed by atoms with Crippen molar-refractivity contribution >= 4 is 17.4 Å². The van der Waals surface area contributed by atoms with E-state index in [1.54, 1.807) is 12.1 Å². The zero-order valence-electron chi connectivity index (χ0n) is 10.5. The zero-order chi connectivity index (χ0) is 14.3. The first-order valence-corrected chi connectivity index (χ1v) is 6.21. The number of aromatic nitrogens is 1. The Hall–Kier alpha value is -2.27. The van der Waals surface area contributed by atoms with Crippen molar-refractivity contribution in [2.24, 2.45) is 0 Å². The summed E-state index contributed by atoms with van der Waals surface area (Å²) in [7, 11) is 0. The Morgan fingerprint density at radius 2 is 2.05 bits per heavy atom. The first-order valence-electron chi connectivity index (χ1n) is 5.83. The number of nitrogens with zero attached hydrogens (tertiary/aromatic N) is 1. The molecule has 102 valence electrons. The number of hydrogen-bond acceptors (Lipinski definition) is 4. The molecule has 2 aromatic heterocycles. The van der Waals surface area contributed by atoms with Crippen LogP contribution in [0.1, 0.15) is 5.76 Å². The lowest BCUT2D eigenvalue weighted by Gasteiger charge is -2.04. The Morgan fingerprint density at radius 1 is 1.25 bits per heavy atom. The van der Waals surface area contributed by atoms with Gasteiger partial charge in [-0.1, -0.05) is 16.8 Å². The second-order valence-electron chi connectivity index (χ2n) is 4.31. The zero-order valence-corrected chi connectivity index (χ0v) is 11.2. The number of benzene rings is 1. The van der Waals surface area contributed by atoms with Crippen molar-refractivity contribution in [3.8, 4) is 22.6 Å². The van der Waals surface area contributed by atoms with E-state index in [0.29, 0.717) is 22.6 Å².